The smallest absolute Gasteiger partial charge is 0.226 e. The number of rotatable bonds is 3. The number of nitrogens with one attached hydrogen (secondary N) is 2. The van der Waals surface area contributed by atoms with Crippen LogP contribution in [0.15, 0.2) is 0 Å². The zero-order chi connectivity index (χ0) is 11.8. The second kappa shape index (κ2) is 4.02. The van der Waals surface area contributed by atoms with E-state index in [0.29, 0.717) is 5.92 Å². The summed E-state index contributed by atoms with van der Waals surface area (Å²) in [6, 6.07) is 0. The van der Waals surface area contributed by atoms with Crippen LogP contribution in [0, 0.1) is 11.3 Å². The molecule has 0 radical (unpaired) electrons. The van der Waals surface area contributed by atoms with Crippen molar-refractivity contribution in [2.75, 3.05) is 13.1 Å². The van der Waals surface area contributed by atoms with E-state index in [1.165, 1.54) is 12.8 Å². The number of hydrogen-bond acceptors (Lipinski definition) is 2. The molecule has 3 nitrogen and oxygen atoms in total. The van der Waals surface area contributed by atoms with Crippen LogP contribution in [-0.4, -0.2) is 24.5 Å². The van der Waals surface area contributed by atoms with Gasteiger partial charge in [-0.2, -0.15) is 0 Å². The minimum Gasteiger partial charge on any atom is -0.350 e. The van der Waals surface area contributed by atoms with Crippen molar-refractivity contribution in [3.8, 4) is 0 Å². The molecule has 2 fully saturated rings. The van der Waals surface area contributed by atoms with E-state index < -0.39 is 0 Å². The standard InChI is InChI=1S/C13H24N2O/c1-12(2,10-4-5-10)15-11(16)13(3)6-8-14-9-7-13/h10,14H,4-9H2,1-3H3,(H,15,16). The highest BCUT2D eigenvalue weighted by molar-refractivity contribution is 5.83. The molecule has 1 aliphatic heterocycles. The fourth-order valence-electron chi connectivity index (χ4n) is 2.56. The molecule has 1 saturated carbocycles. The highest BCUT2D eigenvalue weighted by Crippen LogP contribution is 2.40. The summed E-state index contributed by atoms with van der Waals surface area (Å²) in [6.45, 7) is 8.35. The van der Waals surface area contributed by atoms with Crippen LogP contribution in [0.5, 0.6) is 0 Å². The minimum absolute atomic E-state index is 0.00896. The maximum absolute atomic E-state index is 12.3. The van der Waals surface area contributed by atoms with E-state index in [1.54, 1.807) is 0 Å². The molecule has 0 spiro atoms. The van der Waals surface area contributed by atoms with Crippen LogP contribution in [0.3, 0.4) is 0 Å². The second-order valence-electron chi connectivity index (χ2n) is 6.26. The third kappa shape index (κ3) is 2.40. The van der Waals surface area contributed by atoms with Crippen molar-refractivity contribution in [3.63, 3.8) is 0 Å². The van der Waals surface area contributed by atoms with Crippen LogP contribution in [0.4, 0.5) is 0 Å². The third-order valence-corrected chi connectivity index (χ3v) is 4.29. The van der Waals surface area contributed by atoms with Crippen LogP contribution < -0.4 is 10.6 Å². The summed E-state index contributed by atoms with van der Waals surface area (Å²) in [5.41, 5.74) is -0.164. The summed E-state index contributed by atoms with van der Waals surface area (Å²) in [7, 11) is 0. The maximum Gasteiger partial charge on any atom is 0.226 e. The van der Waals surface area contributed by atoms with E-state index >= 15 is 0 Å². The third-order valence-electron chi connectivity index (χ3n) is 4.29. The SMILES string of the molecule is CC1(C(=O)NC(C)(C)C2CC2)CCNCC1. The van der Waals surface area contributed by atoms with E-state index in [1.807, 2.05) is 0 Å². The Balaban J connectivity index is 1.95. The van der Waals surface area contributed by atoms with Gasteiger partial charge in [0.25, 0.3) is 0 Å². The molecule has 3 heteroatoms. The van der Waals surface area contributed by atoms with Crippen LogP contribution in [0.2, 0.25) is 0 Å². The van der Waals surface area contributed by atoms with Crippen LogP contribution in [-0.2, 0) is 4.79 Å². The Morgan fingerprint density at radius 2 is 1.88 bits per heavy atom. The average Bonchev–Trinajstić information content (AvgIpc) is 3.01. The lowest BCUT2D eigenvalue weighted by molar-refractivity contribution is -0.133. The molecule has 0 atom stereocenters. The normalized spacial score (nSPS) is 25.2. The Morgan fingerprint density at radius 3 is 2.38 bits per heavy atom. The molecule has 16 heavy (non-hydrogen) atoms. The molecule has 0 aromatic carbocycles. The Hall–Kier alpha value is -0.570. The molecule has 2 aliphatic rings. The van der Waals surface area contributed by atoms with Gasteiger partial charge in [0.05, 0.1) is 0 Å². The summed E-state index contributed by atoms with van der Waals surface area (Å²) in [6.07, 6.45) is 4.45. The van der Waals surface area contributed by atoms with E-state index in [4.69, 9.17) is 0 Å². The van der Waals surface area contributed by atoms with Gasteiger partial charge in [-0.25, -0.2) is 0 Å². The van der Waals surface area contributed by atoms with Gasteiger partial charge in [-0.1, -0.05) is 6.92 Å². The lowest BCUT2D eigenvalue weighted by atomic mass is 9.79. The van der Waals surface area contributed by atoms with E-state index in [2.05, 4.69) is 31.4 Å². The highest BCUT2D eigenvalue weighted by Gasteiger charge is 2.42. The monoisotopic (exact) mass is 224 g/mol. The van der Waals surface area contributed by atoms with Crippen molar-refractivity contribution in [2.45, 2.75) is 52.0 Å². The molecule has 1 saturated heterocycles. The summed E-state index contributed by atoms with van der Waals surface area (Å²) >= 11 is 0. The van der Waals surface area contributed by atoms with Crippen molar-refractivity contribution in [1.82, 2.24) is 10.6 Å². The van der Waals surface area contributed by atoms with Crippen LogP contribution in [0.25, 0.3) is 0 Å². The molecule has 1 amide bonds. The summed E-state index contributed by atoms with van der Waals surface area (Å²) in [5.74, 6) is 0.952. The number of carbonyl (C=O) groups excluding carboxylic acids is 1. The molecule has 0 bridgehead atoms. The fourth-order valence-corrected chi connectivity index (χ4v) is 2.56. The van der Waals surface area contributed by atoms with Crippen molar-refractivity contribution >= 4 is 5.91 Å². The molecule has 2 rings (SSSR count). The average molecular weight is 224 g/mol. The van der Waals surface area contributed by atoms with E-state index in [9.17, 15) is 4.79 Å². The van der Waals surface area contributed by atoms with Gasteiger partial charge in [0.2, 0.25) is 5.91 Å². The number of hydrogen-bond donors (Lipinski definition) is 2. The fraction of sp³-hybridized carbons (Fsp3) is 0.923. The molecule has 0 aromatic rings. The highest BCUT2D eigenvalue weighted by atomic mass is 16.2. The maximum atomic E-state index is 12.3. The zero-order valence-corrected chi connectivity index (χ0v) is 10.7. The first kappa shape index (κ1) is 11.9. The molecule has 92 valence electrons. The first-order chi connectivity index (χ1) is 7.44. The molecule has 0 aromatic heterocycles. The van der Waals surface area contributed by atoms with Gasteiger partial charge in [-0.15, -0.1) is 0 Å². The largest absolute Gasteiger partial charge is 0.350 e. The predicted molar refractivity (Wildman–Crippen MR) is 65.2 cm³/mol. The lowest BCUT2D eigenvalue weighted by Crippen LogP contribution is -2.53. The summed E-state index contributed by atoms with van der Waals surface area (Å²) in [4.78, 5) is 12.3. The Kier molecular flexibility index (Phi) is 2.99. The van der Waals surface area contributed by atoms with Gasteiger partial charge in [0, 0.05) is 11.0 Å². The lowest BCUT2D eigenvalue weighted by Gasteiger charge is -2.36. The zero-order valence-electron chi connectivity index (χ0n) is 10.7. The predicted octanol–water partition coefficient (Wildman–Crippen LogP) is 1.68. The summed E-state index contributed by atoms with van der Waals surface area (Å²) in [5, 5.41) is 6.57. The van der Waals surface area contributed by atoms with Crippen molar-refractivity contribution < 1.29 is 4.79 Å². The van der Waals surface area contributed by atoms with Gasteiger partial charge in [-0.3, -0.25) is 4.79 Å². The Bertz CT molecular complexity index is 276. The molecule has 0 unspecified atom stereocenters. The van der Waals surface area contributed by atoms with Gasteiger partial charge < -0.3 is 10.6 Å². The number of piperidine rings is 1. The quantitative estimate of drug-likeness (QED) is 0.766. The van der Waals surface area contributed by atoms with Crippen molar-refractivity contribution in [2.24, 2.45) is 11.3 Å². The first-order valence-electron chi connectivity index (χ1n) is 6.47. The topological polar surface area (TPSA) is 41.1 Å². The Morgan fingerprint density at radius 1 is 1.31 bits per heavy atom. The van der Waals surface area contributed by atoms with E-state index in [0.717, 1.165) is 25.9 Å². The van der Waals surface area contributed by atoms with Crippen LogP contribution in [0.1, 0.15) is 46.5 Å². The summed E-state index contributed by atoms with van der Waals surface area (Å²) < 4.78 is 0. The number of amides is 1. The molecule has 1 aliphatic carbocycles. The van der Waals surface area contributed by atoms with Crippen LogP contribution >= 0.6 is 0 Å². The molecule has 1 heterocycles. The number of carbonyl (C=O) groups is 1. The van der Waals surface area contributed by atoms with Gasteiger partial charge in [0.1, 0.15) is 0 Å². The molecular weight excluding hydrogens is 200 g/mol. The molecular formula is C13H24N2O. The molecule has 2 N–H and O–H groups in total. The Labute approximate surface area is 98.4 Å². The van der Waals surface area contributed by atoms with Gasteiger partial charge in [-0.05, 0) is 58.5 Å². The van der Waals surface area contributed by atoms with Crippen molar-refractivity contribution in [1.29, 1.82) is 0 Å². The second-order valence-corrected chi connectivity index (χ2v) is 6.26. The van der Waals surface area contributed by atoms with Crippen molar-refractivity contribution in [3.05, 3.63) is 0 Å². The van der Waals surface area contributed by atoms with E-state index in [-0.39, 0.29) is 16.9 Å². The van der Waals surface area contributed by atoms with Gasteiger partial charge >= 0.3 is 0 Å². The van der Waals surface area contributed by atoms with Gasteiger partial charge in [0.15, 0.2) is 0 Å². The first-order valence-corrected chi connectivity index (χ1v) is 6.47. The minimum atomic E-state index is -0.155.